The number of amides is 2. The van der Waals surface area contributed by atoms with Crippen LogP contribution in [0.1, 0.15) is 15.9 Å². The third-order valence-corrected chi connectivity index (χ3v) is 3.80. The Morgan fingerprint density at radius 2 is 1.81 bits per heavy atom. The van der Waals surface area contributed by atoms with Gasteiger partial charge in [0.05, 0.1) is 31.4 Å². The predicted octanol–water partition coefficient (Wildman–Crippen LogP) is 1.47. The highest BCUT2D eigenvalue weighted by molar-refractivity contribution is 7.80. The molecule has 142 valence electrons. The number of aliphatic hydroxyl groups excluding tert-OH is 1. The summed E-state index contributed by atoms with van der Waals surface area (Å²) >= 11 is 5.17. The van der Waals surface area contributed by atoms with E-state index >= 15 is 0 Å². The van der Waals surface area contributed by atoms with E-state index in [4.69, 9.17) is 22.1 Å². The highest BCUT2D eigenvalue weighted by Crippen LogP contribution is 2.15. The lowest BCUT2D eigenvalue weighted by Gasteiger charge is -2.13. The smallest absolute Gasteiger partial charge is 0.253 e. The van der Waals surface area contributed by atoms with Gasteiger partial charge in [-0.15, -0.1) is 0 Å². The first-order valence-electron chi connectivity index (χ1n) is 8.25. The van der Waals surface area contributed by atoms with Crippen molar-refractivity contribution in [2.24, 2.45) is 0 Å². The van der Waals surface area contributed by atoms with Gasteiger partial charge in [-0.05, 0) is 42.0 Å². The zero-order valence-corrected chi connectivity index (χ0v) is 15.6. The Labute approximate surface area is 162 Å². The van der Waals surface area contributed by atoms with Crippen LogP contribution < -0.4 is 20.7 Å². The maximum Gasteiger partial charge on any atom is 0.253 e. The SMILES string of the molecule is COc1ccc(CC(=O)NC(=S)Nc2ccccc2C(=O)NCCO)cc1. The Kier molecular flexibility index (Phi) is 7.72. The summed E-state index contributed by atoms with van der Waals surface area (Å²) in [5, 5.41) is 16.9. The van der Waals surface area contributed by atoms with Gasteiger partial charge in [0.25, 0.3) is 5.91 Å². The molecule has 0 aliphatic rings. The fourth-order valence-corrected chi connectivity index (χ4v) is 2.53. The van der Waals surface area contributed by atoms with Gasteiger partial charge >= 0.3 is 0 Å². The molecule has 27 heavy (non-hydrogen) atoms. The number of nitrogens with one attached hydrogen (secondary N) is 3. The molecular weight excluding hydrogens is 366 g/mol. The molecule has 2 amide bonds. The summed E-state index contributed by atoms with van der Waals surface area (Å²) < 4.78 is 5.08. The Morgan fingerprint density at radius 1 is 1.11 bits per heavy atom. The number of anilines is 1. The molecule has 2 rings (SSSR count). The number of hydrogen-bond donors (Lipinski definition) is 4. The second-order valence-electron chi connectivity index (χ2n) is 5.55. The van der Waals surface area contributed by atoms with E-state index in [0.717, 1.165) is 5.56 Å². The Balaban J connectivity index is 1.94. The van der Waals surface area contributed by atoms with E-state index in [9.17, 15) is 9.59 Å². The summed E-state index contributed by atoms with van der Waals surface area (Å²) in [5.74, 6) is 0.0896. The summed E-state index contributed by atoms with van der Waals surface area (Å²) in [6, 6.07) is 13.9. The van der Waals surface area contributed by atoms with Crippen LogP contribution in [0.2, 0.25) is 0 Å². The minimum Gasteiger partial charge on any atom is -0.497 e. The molecule has 0 spiro atoms. The Bertz CT molecular complexity index is 809. The number of carbonyl (C=O) groups is 2. The third-order valence-electron chi connectivity index (χ3n) is 3.59. The average molecular weight is 387 g/mol. The van der Waals surface area contributed by atoms with Crippen LogP contribution in [-0.4, -0.2) is 42.3 Å². The fraction of sp³-hybridized carbons (Fsp3) is 0.211. The monoisotopic (exact) mass is 387 g/mol. The van der Waals surface area contributed by atoms with Gasteiger partial charge in [0, 0.05) is 6.54 Å². The van der Waals surface area contributed by atoms with E-state index in [1.54, 1.807) is 55.6 Å². The number of aliphatic hydroxyl groups is 1. The van der Waals surface area contributed by atoms with Gasteiger partial charge < -0.3 is 25.8 Å². The molecule has 0 fully saturated rings. The Morgan fingerprint density at radius 3 is 2.48 bits per heavy atom. The fourth-order valence-electron chi connectivity index (χ4n) is 2.31. The van der Waals surface area contributed by atoms with Crippen LogP contribution >= 0.6 is 12.2 Å². The lowest BCUT2D eigenvalue weighted by Crippen LogP contribution is -2.36. The summed E-state index contributed by atoms with van der Waals surface area (Å²) in [5.41, 5.74) is 1.64. The molecule has 0 aliphatic heterocycles. The van der Waals surface area contributed by atoms with Crippen molar-refractivity contribution < 1.29 is 19.4 Å². The van der Waals surface area contributed by atoms with Gasteiger partial charge in [-0.2, -0.15) is 0 Å². The van der Waals surface area contributed by atoms with Crippen LogP contribution in [0.4, 0.5) is 5.69 Å². The molecule has 2 aromatic rings. The molecule has 0 saturated heterocycles. The van der Waals surface area contributed by atoms with Crippen LogP contribution in [0.3, 0.4) is 0 Å². The molecule has 0 radical (unpaired) electrons. The topological polar surface area (TPSA) is 99.7 Å². The minimum atomic E-state index is -0.348. The summed E-state index contributed by atoms with van der Waals surface area (Å²) in [4.78, 5) is 24.3. The second kappa shape index (κ2) is 10.2. The number of benzene rings is 2. The number of para-hydroxylation sites is 1. The van der Waals surface area contributed by atoms with Crippen molar-refractivity contribution in [3.05, 3.63) is 59.7 Å². The van der Waals surface area contributed by atoms with Gasteiger partial charge in [-0.1, -0.05) is 24.3 Å². The maximum absolute atomic E-state index is 12.2. The van der Waals surface area contributed by atoms with E-state index in [1.165, 1.54) is 0 Å². The molecule has 2 aromatic carbocycles. The molecule has 0 aromatic heterocycles. The number of methoxy groups -OCH3 is 1. The van der Waals surface area contributed by atoms with Gasteiger partial charge in [-0.25, -0.2) is 0 Å². The minimum absolute atomic E-state index is 0.0934. The lowest BCUT2D eigenvalue weighted by atomic mass is 10.1. The molecule has 8 heteroatoms. The largest absolute Gasteiger partial charge is 0.497 e. The maximum atomic E-state index is 12.2. The molecular formula is C19H21N3O4S. The first-order valence-corrected chi connectivity index (χ1v) is 8.66. The van der Waals surface area contributed by atoms with Crippen molar-refractivity contribution in [2.75, 3.05) is 25.6 Å². The van der Waals surface area contributed by atoms with Crippen LogP contribution in [0.15, 0.2) is 48.5 Å². The standard InChI is InChI=1S/C19H21N3O4S/c1-26-14-8-6-13(7-9-14)12-17(24)22-19(27)21-16-5-3-2-4-15(16)18(25)20-10-11-23/h2-9,23H,10-12H2,1H3,(H,20,25)(H2,21,22,24,27). The lowest BCUT2D eigenvalue weighted by molar-refractivity contribution is -0.119. The third kappa shape index (κ3) is 6.36. The number of hydrogen-bond acceptors (Lipinski definition) is 5. The van der Waals surface area contributed by atoms with Crippen molar-refractivity contribution >= 4 is 34.8 Å². The number of thiocarbonyl (C=S) groups is 1. The number of carbonyl (C=O) groups excluding carboxylic acids is 2. The quantitative estimate of drug-likeness (QED) is 0.537. The van der Waals surface area contributed by atoms with E-state index in [0.29, 0.717) is 17.0 Å². The molecule has 0 aliphatic carbocycles. The van der Waals surface area contributed by atoms with Crippen molar-refractivity contribution in [1.29, 1.82) is 0 Å². The van der Waals surface area contributed by atoms with Crippen LogP contribution in [0.5, 0.6) is 5.75 Å². The molecule has 0 saturated carbocycles. The molecule has 4 N–H and O–H groups in total. The molecule has 0 heterocycles. The zero-order valence-electron chi connectivity index (χ0n) is 14.8. The molecule has 7 nitrogen and oxygen atoms in total. The summed E-state index contributed by atoms with van der Waals surface area (Å²) in [6.45, 7) is -0.00260. The van der Waals surface area contributed by atoms with Gasteiger partial charge in [0.1, 0.15) is 5.75 Å². The first kappa shape index (κ1) is 20.3. The predicted molar refractivity (Wildman–Crippen MR) is 107 cm³/mol. The summed E-state index contributed by atoms with van der Waals surface area (Å²) in [7, 11) is 1.58. The highest BCUT2D eigenvalue weighted by Gasteiger charge is 2.12. The highest BCUT2D eigenvalue weighted by atomic mass is 32.1. The first-order chi connectivity index (χ1) is 13.0. The molecule has 0 bridgehead atoms. The second-order valence-corrected chi connectivity index (χ2v) is 5.96. The van der Waals surface area contributed by atoms with Crippen LogP contribution in [0, 0.1) is 0 Å². The number of rotatable bonds is 7. The van der Waals surface area contributed by atoms with Crippen LogP contribution in [-0.2, 0) is 11.2 Å². The number of ether oxygens (including phenoxy) is 1. The van der Waals surface area contributed by atoms with E-state index in [-0.39, 0.29) is 36.5 Å². The van der Waals surface area contributed by atoms with Crippen molar-refractivity contribution in [2.45, 2.75) is 6.42 Å². The normalized spacial score (nSPS) is 10.0. The van der Waals surface area contributed by atoms with E-state index in [2.05, 4.69) is 16.0 Å². The average Bonchev–Trinajstić information content (AvgIpc) is 2.67. The van der Waals surface area contributed by atoms with Gasteiger partial charge in [0.15, 0.2) is 5.11 Å². The Hall–Kier alpha value is -2.97. The molecule has 0 unspecified atom stereocenters. The van der Waals surface area contributed by atoms with Crippen molar-refractivity contribution in [3.63, 3.8) is 0 Å². The zero-order chi connectivity index (χ0) is 19.6. The van der Waals surface area contributed by atoms with Crippen molar-refractivity contribution in [3.8, 4) is 5.75 Å². The van der Waals surface area contributed by atoms with Crippen molar-refractivity contribution in [1.82, 2.24) is 10.6 Å². The van der Waals surface area contributed by atoms with Gasteiger partial charge in [-0.3, -0.25) is 9.59 Å². The summed E-state index contributed by atoms with van der Waals surface area (Å²) in [6.07, 6.45) is 0.157. The van der Waals surface area contributed by atoms with E-state index in [1.807, 2.05) is 0 Å². The van der Waals surface area contributed by atoms with Crippen LogP contribution in [0.25, 0.3) is 0 Å². The van der Waals surface area contributed by atoms with Gasteiger partial charge in [0.2, 0.25) is 5.91 Å². The molecule has 0 atom stereocenters. The van der Waals surface area contributed by atoms with E-state index < -0.39 is 0 Å².